The van der Waals surface area contributed by atoms with Crippen molar-refractivity contribution in [1.29, 1.82) is 0 Å². The molecule has 1 atom stereocenters. The molecular formula is C14H17Br2N3O. The van der Waals surface area contributed by atoms with Crippen LogP contribution >= 0.6 is 31.9 Å². The Morgan fingerprint density at radius 1 is 1.35 bits per heavy atom. The minimum Gasteiger partial charge on any atom is -0.383 e. The lowest BCUT2D eigenvalue weighted by Gasteiger charge is -2.16. The first-order valence-corrected chi connectivity index (χ1v) is 7.85. The first-order chi connectivity index (χ1) is 9.54. The maximum atomic E-state index is 6.41. The molecule has 4 nitrogen and oxygen atoms in total. The Morgan fingerprint density at radius 3 is 2.75 bits per heavy atom. The second-order valence-electron chi connectivity index (χ2n) is 4.58. The highest BCUT2D eigenvalue weighted by Gasteiger charge is 2.18. The first kappa shape index (κ1) is 15.7. The summed E-state index contributed by atoms with van der Waals surface area (Å²) in [6.45, 7) is 3.34. The maximum Gasteiger partial charge on any atom is 0.0739 e. The number of rotatable bonds is 5. The number of hydrogen-bond donors (Lipinski definition) is 1. The molecule has 2 rings (SSSR count). The van der Waals surface area contributed by atoms with Gasteiger partial charge in [0.05, 0.1) is 35.6 Å². The van der Waals surface area contributed by atoms with E-state index in [1.54, 1.807) is 13.3 Å². The predicted molar refractivity (Wildman–Crippen MR) is 86.7 cm³/mol. The number of nitrogens with two attached hydrogens (primary N) is 1. The third-order valence-corrected chi connectivity index (χ3v) is 4.68. The lowest BCUT2D eigenvalue weighted by Crippen LogP contribution is -2.19. The number of ether oxygens (including phenoxy) is 1. The van der Waals surface area contributed by atoms with Gasteiger partial charge in [0.25, 0.3) is 0 Å². The van der Waals surface area contributed by atoms with Gasteiger partial charge in [0.15, 0.2) is 0 Å². The second kappa shape index (κ2) is 6.85. The van der Waals surface area contributed by atoms with E-state index in [1.807, 2.05) is 16.8 Å². The van der Waals surface area contributed by atoms with E-state index >= 15 is 0 Å². The van der Waals surface area contributed by atoms with E-state index in [0.29, 0.717) is 13.2 Å². The van der Waals surface area contributed by atoms with E-state index in [4.69, 9.17) is 10.5 Å². The van der Waals surface area contributed by atoms with Crippen molar-refractivity contribution in [2.75, 3.05) is 13.7 Å². The summed E-state index contributed by atoms with van der Waals surface area (Å²) in [5, 5.41) is 4.34. The third-order valence-electron chi connectivity index (χ3n) is 3.18. The smallest absolute Gasteiger partial charge is 0.0739 e. The van der Waals surface area contributed by atoms with E-state index in [0.717, 1.165) is 25.8 Å². The van der Waals surface area contributed by atoms with E-state index in [1.165, 1.54) is 0 Å². The first-order valence-electron chi connectivity index (χ1n) is 6.26. The van der Waals surface area contributed by atoms with Gasteiger partial charge in [0.2, 0.25) is 0 Å². The second-order valence-corrected chi connectivity index (χ2v) is 6.29. The highest BCUT2D eigenvalue weighted by atomic mass is 79.9. The molecule has 0 aliphatic heterocycles. The Morgan fingerprint density at radius 2 is 2.10 bits per heavy atom. The van der Waals surface area contributed by atoms with Crippen LogP contribution in [0.3, 0.4) is 0 Å². The van der Waals surface area contributed by atoms with Gasteiger partial charge in [-0.05, 0) is 40.0 Å². The van der Waals surface area contributed by atoms with Gasteiger partial charge in [0.1, 0.15) is 0 Å². The Bertz CT molecular complexity index is 598. The van der Waals surface area contributed by atoms with Gasteiger partial charge in [0, 0.05) is 11.6 Å². The van der Waals surface area contributed by atoms with Crippen LogP contribution in [0.4, 0.5) is 0 Å². The molecule has 1 aromatic carbocycles. The number of nitrogens with zero attached hydrogens (tertiary/aromatic N) is 2. The average molecular weight is 403 g/mol. The summed E-state index contributed by atoms with van der Waals surface area (Å²) in [7, 11) is 1.68. The van der Waals surface area contributed by atoms with Crippen LogP contribution < -0.4 is 5.73 Å². The quantitative estimate of drug-likeness (QED) is 0.833. The molecule has 0 amide bonds. The van der Waals surface area contributed by atoms with Crippen LogP contribution in [0.25, 0.3) is 0 Å². The molecule has 20 heavy (non-hydrogen) atoms. The standard InChI is InChI=1S/C14H17Br2N3O/c1-9-7-10(3-4-11(9)15)13(17)14-12(16)8-18-19(14)5-6-20-2/h3-4,7-8,13H,5-6,17H2,1-2H3. The SMILES string of the molecule is COCCn1ncc(Br)c1C(N)c1ccc(Br)c(C)c1. The summed E-state index contributed by atoms with van der Waals surface area (Å²) in [6.07, 6.45) is 1.77. The number of benzene rings is 1. The average Bonchev–Trinajstić information content (AvgIpc) is 2.80. The Kier molecular flexibility index (Phi) is 5.37. The number of methoxy groups -OCH3 is 1. The topological polar surface area (TPSA) is 53.1 Å². The summed E-state index contributed by atoms with van der Waals surface area (Å²) in [6, 6.07) is 5.92. The molecule has 0 aliphatic carbocycles. The Labute approximate surface area is 135 Å². The van der Waals surface area contributed by atoms with Crippen LogP contribution in [0, 0.1) is 6.92 Å². The van der Waals surface area contributed by atoms with Crippen LogP contribution in [-0.4, -0.2) is 23.5 Å². The van der Waals surface area contributed by atoms with Crippen LogP contribution in [0.2, 0.25) is 0 Å². The predicted octanol–water partition coefficient (Wildman–Crippen LogP) is 3.41. The molecule has 6 heteroatoms. The number of aryl methyl sites for hydroxylation is 1. The van der Waals surface area contributed by atoms with Gasteiger partial charge >= 0.3 is 0 Å². The fourth-order valence-electron chi connectivity index (χ4n) is 2.06. The molecule has 2 N–H and O–H groups in total. The van der Waals surface area contributed by atoms with Crippen molar-refractivity contribution in [3.05, 3.63) is 50.2 Å². The maximum absolute atomic E-state index is 6.41. The highest BCUT2D eigenvalue weighted by molar-refractivity contribution is 9.10. The summed E-state index contributed by atoms with van der Waals surface area (Å²) in [5.74, 6) is 0. The number of halogens is 2. The van der Waals surface area contributed by atoms with Gasteiger partial charge < -0.3 is 10.5 Å². The Hall–Kier alpha value is -0.690. The summed E-state index contributed by atoms with van der Waals surface area (Å²) in [5.41, 5.74) is 9.59. The fourth-order valence-corrected chi connectivity index (χ4v) is 2.85. The summed E-state index contributed by atoms with van der Waals surface area (Å²) in [4.78, 5) is 0. The van der Waals surface area contributed by atoms with Gasteiger partial charge in [-0.15, -0.1) is 0 Å². The molecule has 0 bridgehead atoms. The molecule has 0 saturated heterocycles. The van der Waals surface area contributed by atoms with Crippen LogP contribution in [0.1, 0.15) is 22.9 Å². The van der Waals surface area contributed by atoms with Gasteiger partial charge in [-0.3, -0.25) is 4.68 Å². The zero-order valence-corrected chi connectivity index (χ0v) is 14.6. The molecule has 2 aromatic rings. The highest BCUT2D eigenvalue weighted by Crippen LogP contribution is 2.28. The zero-order valence-electron chi connectivity index (χ0n) is 11.4. The van der Waals surface area contributed by atoms with Crippen molar-refractivity contribution >= 4 is 31.9 Å². The molecule has 0 saturated carbocycles. The van der Waals surface area contributed by atoms with Crippen molar-refractivity contribution in [3.63, 3.8) is 0 Å². The largest absolute Gasteiger partial charge is 0.383 e. The minimum absolute atomic E-state index is 0.226. The van der Waals surface area contributed by atoms with E-state index < -0.39 is 0 Å². The van der Waals surface area contributed by atoms with Crippen LogP contribution in [-0.2, 0) is 11.3 Å². The molecular weight excluding hydrogens is 386 g/mol. The molecule has 0 radical (unpaired) electrons. The normalized spacial score (nSPS) is 12.7. The van der Waals surface area contributed by atoms with Crippen molar-refractivity contribution < 1.29 is 4.74 Å². The third kappa shape index (κ3) is 3.31. The molecule has 108 valence electrons. The lowest BCUT2D eigenvalue weighted by molar-refractivity contribution is 0.182. The van der Waals surface area contributed by atoms with E-state index in [-0.39, 0.29) is 6.04 Å². The number of hydrogen-bond acceptors (Lipinski definition) is 3. The van der Waals surface area contributed by atoms with E-state index in [9.17, 15) is 0 Å². The number of aromatic nitrogens is 2. The summed E-state index contributed by atoms with van der Waals surface area (Å²) >= 11 is 7.03. The van der Waals surface area contributed by atoms with Gasteiger partial charge in [-0.2, -0.15) is 5.10 Å². The zero-order chi connectivity index (χ0) is 14.7. The van der Waals surface area contributed by atoms with Crippen molar-refractivity contribution in [3.8, 4) is 0 Å². The van der Waals surface area contributed by atoms with Crippen molar-refractivity contribution in [2.24, 2.45) is 5.73 Å². The summed E-state index contributed by atoms with van der Waals surface area (Å²) < 4.78 is 8.99. The molecule has 1 heterocycles. The minimum atomic E-state index is -0.226. The monoisotopic (exact) mass is 401 g/mol. The van der Waals surface area contributed by atoms with Crippen molar-refractivity contribution in [1.82, 2.24) is 9.78 Å². The lowest BCUT2D eigenvalue weighted by atomic mass is 10.0. The fraction of sp³-hybridized carbons (Fsp3) is 0.357. The molecule has 1 unspecified atom stereocenters. The van der Waals surface area contributed by atoms with Crippen LogP contribution in [0.15, 0.2) is 33.3 Å². The molecule has 0 aliphatic rings. The van der Waals surface area contributed by atoms with Crippen molar-refractivity contribution in [2.45, 2.75) is 19.5 Å². The van der Waals surface area contributed by atoms with Gasteiger partial charge in [-0.25, -0.2) is 0 Å². The molecule has 0 spiro atoms. The molecule has 0 fully saturated rings. The Balaban J connectivity index is 2.34. The van der Waals surface area contributed by atoms with Gasteiger partial charge in [-0.1, -0.05) is 28.1 Å². The molecule has 1 aromatic heterocycles. The van der Waals surface area contributed by atoms with E-state index in [2.05, 4.69) is 49.9 Å². The van der Waals surface area contributed by atoms with Crippen LogP contribution in [0.5, 0.6) is 0 Å².